The Labute approximate surface area is 213 Å². The molecule has 1 atom stereocenters. The van der Waals surface area contributed by atoms with Crippen LogP contribution in [0.2, 0.25) is 5.02 Å². The fourth-order valence-electron chi connectivity index (χ4n) is 3.74. The molecule has 0 fully saturated rings. The van der Waals surface area contributed by atoms with E-state index in [0.717, 1.165) is 17.7 Å². The maximum absolute atomic E-state index is 13.1. The van der Waals surface area contributed by atoms with Crippen LogP contribution < -0.4 is 5.32 Å². The monoisotopic (exact) mass is 513 g/mol. The number of non-ortho nitro benzene ring substituents is 1. The van der Waals surface area contributed by atoms with Crippen molar-refractivity contribution < 1.29 is 19.6 Å². The first-order chi connectivity index (χ1) is 17.2. The zero-order valence-electron chi connectivity index (χ0n) is 20.0. The first kappa shape index (κ1) is 26.8. The van der Waals surface area contributed by atoms with E-state index in [1.165, 1.54) is 11.0 Å². The lowest BCUT2D eigenvalue weighted by Gasteiger charge is -2.31. The lowest BCUT2D eigenvalue weighted by Crippen LogP contribution is -2.51. The Balaban J connectivity index is 1.72. The highest BCUT2D eigenvalue weighted by Gasteiger charge is 2.27. The molecule has 0 unspecified atom stereocenters. The SMILES string of the molecule is CC(C)CN(C(=O)NC(=O)c1ccc([N+](=O)[O-])cc1Cl)[C@H](CO)Cc1cn(Cc2ccccc2)cn1. The van der Waals surface area contributed by atoms with Crippen molar-refractivity contribution in [2.45, 2.75) is 32.9 Å². The molecule has 0 saturated heterocycles. The number of aliphatic hydroxyl groups excluding tert-OH is 1. The van der Waals surface area contributed by atoms with E-state index < -0.39 is 22.9 Å². The normalized spacial score (nSPS) is 11.8. The molecule has 10 nitrogen and oxygen atoms in total. The molecule has 0 aliphatic rings. The molecule has 0 bridgehead atoms. The summed E-state index contributed by atoms with van der Waals surface area (Å²) in [5.41, 5.74) is 1.47. The van der Waals surface area contributed by atoms with Crippen molar-refractivity contribution in [2.75, 3.05) is 13.2 Å². The van der Waals surface area contributed by atoms with Gasteiger partial charge in [-0.2, -0.15) is 0 Å². The van der Waals surface area contributed by atoms with Crippen LogP contribution in [-0.2, 0) is 13.0 Å². The van der Waals surface area contributed by atoms with Gasteiger partial charge in [0.25, 0.3) is 11.6 Å². The minimum absolute atomic E-state index is 0.0542. The lowest BCUT2D eigenvalue weighted by atomic mass is 10.1. The van der Waals surface area contributed by atoms with Crippen LogP contribution in [0, 0.1) is 16.0 Å². The molecule has 3 aromatic rings. The number of rotatable bonds is 10. The smallest absolute Gasteiger partial charge is 0.324 e. The van der Waals surface area contributed by atoms with Gasteiger partial charge in [0.1, 0.15) is 0 Å². The van der Waals surface area contributed by atoms with Crippen molar-refractivity contribution in [1.82, 2.24) is 19.8 Å². The van der Waals surface area contributed by atoms with E-state index in [1.54, 1.807) is 6.33 Å². The Hall–Kier alpha value is -3.76. The third-order valence-electron chi connectivity index (χ3n) is 5.44. The summed E-state index contributed by atoms with van der Waals surface area (Å²) in [4.78, 5) is 41.9. The number of urea groups is 1. The second-order valence-electron chi connectivity index (χ2n) is 8.79. The number of nitro groups is 1. The summed E-state index contributed by atoms with van der Waals surface area (Å²) in [7, 11) is 0. The lowest BCUT2D eigenvalue weighted by molar-refractivity contribution is -0.384. The van der Waals surface area contributed by atoms with E-state index >= 15 is 0 Å². The highest BCUT2D eigenvalue weighted by molar-refractivity contribution is 6.34. The highest BCUT2D eigenvalue weighted by atomic mass is 35.5. The standard InChI is InChI=1S/C25H28ClN5O5/c1-17(2)12-30(25(34)28-24(33)22-9-8-20(31(35)36)11-23(22)26)21(15-32)10-19-14-29(16-27-19)13-18-6-4-3-5-7-18/h3-9,11,14,16-17,21,32H,10,12-13,15H2,1-2H3,(H,28,33,34)/t21-/m0/s1. The predicted molar refractivity (Wildman–Crippen MR) is 135 cm³/mol. The second kappa shape index (κ2) is 12.3. The van der Waals surface area contributed by atoms with Crippen molar-refractivity contribution in [2.24, 2.45) is 5.92 Å². The Morgan fingerprint density at radius 2 is 1.94 bits per heavy atom. The number of carbonyl (C=O) groups excluding carboxylic acids is 2. The average molecular weight is 514 g/mol. The molecular formula is C25H28ClN5O5. The topological polar surface area (TPSA) is 131 Å². The van der Waals surface area contributed by atoms with Gasteiger partial charge in [-0.3, -0.25) is 20.2 Å². The Kier molecular flexibility index (Phi) is 9.15. The third-order valence-corrected chi connectivity index (χ3v) is 5.75. The first-order valence-corrected chi connectivity index (χ1v) is 11.8. The molecule has 2 aromatic carbocycles. The number of aromatic nitrogens is 2. The van der Waals surface area contributed by atoms with Gasteiger partial charge in [-0.1, -0.05) is 55.8 Å². The zero-order chi connectivity index (χ0) is 26.2. The fourth-order valence-corrected chi connectivity index (χ4v) is 4.00. The number of hydrogen-bond donors (Lipinski definition) is 2. The molecule has 2 N–H and O–H groups in total. The summed E-state index contributed by atoms with van der Waals surface area (Å²) < 4.78 is 1.92. The third kappa shape index (κ3) is 7.12. The predicted octanol–water partition coefficient (Wildman–Crippen LogP) is 3.90. The molecule has 0 radical (unpaired) electrons. The first-order valence-electron chi connectivity index (χ1n) is 11.4. The van der Waals surface area contributed by atoms with Crippen LogP contribution in [-0.4, -0.2) is 55.6 Å². The number of imidazole rings is 1. The van der Waals surface area contributed by atoms with Gasteiger partial charge in [-0.25, -0.2) is 9.78 Å². The van der Waals surface area contributed by atoms with Gasteiger partial charge < -0.3 is 14.6 Å². The summed E-state index contributed by atoms with van der Waals surface area (Å²) in [6, 6.07) is 11.9. The average Bonchev–Trinajstić information content (AvgIpc) is 3.28. The van der Waals surface area contributed by atoms with E-state index in [9.17, 15) is 24.8 Å². The minimum Gasteiger partial charge on any atom is -0.394 e. The number of benzene rings is 2. The number of nitrogens with zero attached hydrogens (tertiary/aromatic N) is 4. The van der Waals surface area contributed by atoms with Crippen LogP contribution >= 0.6 is 11.6 Å². The van der Waals surface area contributed by atoms with E-state index in [-0.39, 0.29) is 41.8 Å². The Morgan fingerprint density at radius 3 is 2.56 bits per heavy atom. The van der Waals surface area contributed by atoms with E-state index in [1.807, 2.05) is 54.9 Å². The van der Waals surface area contributed by atoms with Crippen LogP contribution in [0.4, 0.5) is 10.5 Å². The molecule has 1 aromatic heterocycles. The molecule has 0 saturated carbocycles. The van der Waals surface area contributed by atoms with Crippen molar-refractivity contribution in [3.8, 4) is 0 Å². The van der Waals surface area contributed by atoms with Gasteiger partial charge in [0, 0.05) is 37.8 Å². The summed E-state index contributed by atoms with van der Waals surface area (Å²) in [5.74, 6) is -0.740. The second-order valence-corrected chi connectivity index (χ2v) is 9.20. The number of carbonyl (C=O) groups is 2. The molecule has 1 heterocycles. The van der Waals surface area contributed by atoms with Crippen LogP contribution in [0.1, 0.15) is 35.5 Å². The van der Waals surface area contributed by atoms with E-state index in [2.05, 4.69) is 10.3 Å². The van der Waals surface area contributed by atoms with Crippen molar-refractivity contribution in [1.29, 1.82) is 0 Å². The van der Waals surface area contributed by atoms with Crippen molar-refractivity contribution in [3.05, 3.63) is 93.0 Å². The summed E-state index contributed by atoms with van der Waals surface area (Å²) in [6.07, 6.45) is 3.84. The molecule has 36 heavy (non-hydrogen) atoms. The number of aliphatic hydroxyl groups is 1. The van der Waals surface area contributed by atoms with Gasteiger partial charge >= 0.3 is 6.03 Å². The molecule has 3 amide bonds. The number of nitrogens with one attached hydrogen (secondary N) is 1. The maximum Gasteiger partial charge on any atom is 0.324 e. The Bertz CT molecular complexity index is 1210. The number of nitro benzene ring substituents is 1. The van der Waals surface area contributed by atoms with Crippen molar-refractivity contribution in [3.63, 3.8) is 0 Å². The van der Waals surface area contributed by atoms with Crippen LogP contribution in [0.5, 0.6) is 0 Å². The number of halogens is 1. The van der Waals surface area contributed by atoms with Crippen LogP contribution in [0.25, 0.3) is 0 Å². The maximum atomic E-state index is 13.1. The molecule has 11 heteroatoms. The summed E-state index contributed by atoms with van der Waals surface area (Å²) >= 11 is 6.03. The van der Waals surface area contributed by atoms with E-state index in [0.29, 0.717) is 12.2 Å². The number of hydrogen-bond acceptors (Lipinski definition) is 6. The van der Waals surface area contributed by atoms with Crippen molar-refractivity contribution >= 4 is 29.2 Å². The molecule has 0 spiro atoms. The minimum atomic E-state index is -0.794. The Morgan fingerprint density at radius 1 is 1.22 bits per heavy atom. The van der Waals surface area contributed by atoms with Gasteiger partial charge in [-0.05, 0) is 17.5 Å². The fraction of sp³-hybridized carbons (Fsp3) is 0.320. The molecular weight excluding hydrogens is 486 g/mol. The van der Waals surface area contributed by atoms with Gasteiger partial charge in [0.05, 0.1) is 40.2 Å². The van der Waals surface area contributed by atoms with Crippen LogP contribution in [0.3, 0.4) is 0 Å². The highest BCUT2D eigenvalue weighted by Crippen LogP contribution is 2.22. The van der Waals surface area contributed by atoms with Crippen LogP contribution in [0.15, 0.2) is 61.1 Å². The molecule has 0 aliphatic heterocycles. The quantitative estimate of drug-likeness (QED) is 0.312. The van der Waals surface area contributed by atoms with E-state index in [4.69, 9.17) is 11.6 Å². The van der Waals surface area contributed by atoms with Gasteiger partial charge in [0.15, 0.2) is 0 Å². The summed E-state index contributed by atoms with van der Waals surface area (Å²) in [5, 5.41) is 23.2. The van der Waals surface area contributed by atoms with Gasteiger partial charge in [0.2, 0.25) is 0 Å². The summed E-state index contributed by atoms with van der Waals surface area (Å²) in [6.45, 7) is 4.41. The van der Waals surface area contributed by atoms with Gasteiger partial charge in [-0.15, -0.1) is 0 Å². The molecule has 0 aliphatic carbocycles. The number of imide groups is 1. The molecule has 3 rings (SSSR count). The largest absolute Gasteiger partial charge is 0.394 e. The number of amides is 3. The molecule has 190 valence electrons. The zero-order valence-corrected chi connectivity index (χ0v) is 20.8.